The van der Waals surface area contributed by atoms with Crippen molar-refractivity contribution in [1.82, 2.24) is 10.6 Å². The first-order chi connectivity index (χ1) is 6.56. The van der Waals surface area contributed by atoms with Gasteiger partial charge in [0, 0.05) is 19.5 Å². The molecule has 82 valence electrons. The number of carboxylic acid groups (broad SMARTS) is 1. The summed E-state index contributed by atoms with van der Waals surface area (Å²) in [6, 6.07) is 0. The normalized spacial score (nSPS) is 11.9. The Balaban J connectivity index is 3.41. The van der Waals surface area contributed by atoms with Gasteiger partial charge in [-0.1, -0.05) is 6.92 Å². The van der Waals surface area contributed by atoms with E-state index in [-0.39, 0.29) is 25.4 Å². The molecule has 4 N–H and O–H groups in total. The van der Waals surface area contributed by atoms with E-state index in [1.807, 2.05) is 6.92 Å². The van der Waals surface area contributed by atoms with E-state index >= 15 is 0 Å². The van der Waals surface area contributed by atoms with Crippen molar-refractivity contribution in [3.8, 4) is 0 Å². The van der Waals surface area contributed by atoms with E-state index in [0.29, 0.717) is 6.42 Å². The maximum absolute atomic E-state index is 11.0. The number of hydrogen-bond acceptors (Lipinski definition) is 3. The highest BCUT2D eigenvalue weighted by Gasteiger charge is 2.05. The molecular weight excluding hydrogens is 188 g/mol. The fourth-order valence-corrected chi connectivity index (χ4v) is 0.747. The number of hydrogen-bond donors (Lipinski definition) is 4. The van der Waals surface area contributed by atoms with Gasteiger partial charge in [-0.15, -0.1) is 0 Å². The second kappa shape index (κ2) is 7.14. The third-order valence-electron chi connectivity index (χ3n) is 1.63. The van der Waals surface area contributed by atoms with Gasteiger partial charge in [0.15, 0.2) is 0 Å². The van der Waals surface area contributed by atoms with Crippen molar-refractivity contribution in [2.24, 2.45) is 0 Å². The monoisotopic (exact) mass is 204 g/mol. The highest BCUT2D eigenvalue weighted by molar-refractivity contribution is 5.76. The smallest absolute Gasteiger partial charge is 0.404 e. The molecule has 0 aromatic heterocycles. The number of aliphatic hydroxyl groups excluding tert-OH is 1. The van der Waals surface area contributed by atoms with Gasteiger partial charge < -0.3 is 20.8 Å². The molecule has 14 heavy (non-hydrogen) atoms. The zero-order chi connectivity index (χ0) is 11.0. The average molecular weight is 204 g/mol. The molecule has 1 unspecified atom stereocenters. The standard InChI is InChI=1S/C8H16N2O4/c1-2-6(11)5-10-7(12)3-4-9-8(13)14/h6,9,11H,2-5H2,1H3,(H,10,12)(H,13,14). The Labute approximate surface area is 82.3 Å². The zero-order valence-electron chi connectivity index (χ0n) is 8.12. The molecule has 0 bridgehead atoms. The van der Waals surface area contributed by atoms with Crippen molar-refractivity contribution < 1.29 is 19.8 Å². The molecule has 0 aliphatic rings. The fraction of sp³-hybridized carbons (Fsp3) is 0.750. The molecule has 0 aliphatic carbocycles. The Bertz CT molecular complexity index is 196. The Hall–Kier alpha value is -1.30. The van der Waals surface area contributed by atoms with Crippen LogP contribution >= 0.6 is 0 Å². The summed E-state index contributed by atoms with van der Waals surface area (Å²) in [7, 11) is 0. The summed E-state index contributed by atoms with van der Waals surface area (Å²) in [5, 5.41) is 21.9. The van der Waals surface area contributed by atoms with Gasteiger partial charge in [0.2, 0.25) is 5.91 Å². The molecule has 0 fully saturated rings. The highest BCUT2D eigenvalue weighted by atomic mass is 16.4. The molecule has 0 aromatic rings. The zero-order valence-corrected chi connectivity index (χ0v) is 8.12. The number of amides is 2. The van der Waals surface area contributed by atoms with Gasteiger partial charge in [0.05, 0.1) is 6.10 Å². The van der Waals surface area contributed by atoms with Gasteiger partial charge in [-0.3, -0.25) is 4.79 Å². The lowest BCUT2D eigenvalue weighted by Gasteiger charge is -2.09. The predicted molar refractivity (Wildman–Crippen MR) is 50.0 cm³/mol. The lowest BCUT2D eigenvalue weighted by atomic mass is 10.3. The quantitative estimate of drug-likeness (QED) is 0.470. The van der Waals surface area contributed by atoms with E-state index in [9.17, 15) is 9.59 Å². The van der Waals surface area contributed by atoms with Crippen LogP contribution in [0, 0.1) is 0 Å². The second-order valence-electron chi connectivity index (χ2n) is 2.85. The third-order valence-corrected chi connectivity index (χ3v) is 1.63. The van der Waals surface area contributed by atoms with Crippen LogP contribution in [-0.4, -0.2) is 41.4 Å². The van der Waals surface area contributed by atoms with E-state index in [1.165, 1.54) is 0 Å². The topological polar surface area (TPSA) is 98.7 Å². The van der Waals surface area contributed by atoms with Crippen LogP contribution in [0.5, 0.6) is 0 Å². The molecule has 0 heterocycles. The molecule has 0 spiro atoms. The lowest BCUT2D eigenvalue weighted by molar-refractivity contribution is -0.121. The Morgan fingerprint density at radius 3 is 2.50 bits per heavy atom. The number of carbonyl (C=O) groups is 2. The summed E-state index contributed by atoms with van der Waals surface area (Å²) in [6.07, 6.45) is -1.02. The minimum absolute atomic E-state index is 0.0860. The first-order valence-electron chi connectivity index (χ1n) is 4.47. The number of nitrogens with one attached hydrogen (secondary N) is 2. The van der Waals surface area contributed by atoms with Crippen LogP contribution < -0.4 is 10.6 Å². The maximum Gasteiger partial charge on any atom is 0.404 e. The van der Waals surface area contributed by atoms with Crippen molar-refractivity contribution in [3.05, 3.63) is 0 Å². The van der Waals surface area contributed by atoms with Crippen LogP contribution in [0.4, 0.5) is 4.79 Å². The molecule has 0 saturated carbocycles. The van der Waals surface area contributed by atoms with Crippen molar-refractivity contribution in [3.63, 3.8) is 0 Å². The van der Waals surface area contributed by atoms with Gasteiger partial charge in [0.1, 0.15) is 0 Å². The molecule has 1 atom stereocenters. The summed E-state index contributed by atoms with van der Waals surface area (Å²) in [4.78, 5) is 21.0. The van der Waals surface area contributed by atoms with Crippen molar-refractivity contribution >= 4 is 12.0 Å². The largest absolute Gasteiger partial charge is 0.465 e. The minimum atomic E-state index is -1.15. The average Bonchev–Trinajstić information content (AvgIpc) is 2.13. The van der Waals surface area contributed by atoms with E-state index < -0.39 is 12.2 Å². The van der Waals surface area contributed by atoms with E-state index in [0.717, 1.165) is 0 Å². The van der Waals surface area contributed by atoms with Crippen LogP contribution in [0.1, 0.15) is 19.8 Å². The van der Waals surface area contributed by atoms with Gasteiger partial charge >= 0.3 is 6.09 Å². The lowest BCUT2D eigenvalue weighted by Crippen LogP contribution is -2.34. The Morgan fingerprint density at radius 2 is 2.00 bits per heavy atom. The van der Waals surface area contributed by atoms with E-state index in [2.05, 4.69) is 10.6 Å². The van der Waals surface area contributed by atoms with Crippen molar-refractivity contribution in [2.75, 3.05) is 13.1 Å². The van der Waals surface area contributed by atoms with E-state index in [4.69, 9.17) is 10.2 Å². The molecule has 0 aromatic carbocycles. The molecule has 0 rings (SSSR count). The van der Waals surface area contributed by atoms with Crippen LogP contribution in [-0.2, 0) is 4.79 Å². The third kappa shape index (κ3) is 7.35. The predicted octanol–water partition coefficient (Wildman–Crippen LogP) is -0.469. The number of carbonyl (C=O) groups excluding carboxylic acids is 1. The molecule has 6 nitrogen and oxygen atoms in total. The van der Waals surface area contributed by atoms with Gasteiger partial charge in [0.25, 0.3) is 0 Å². The maximum atomic E-state index is 11.0. The Kier molecular flexibility index (Phi) is 6.47. The number of aliphatic hydroxyl groups is 1. The molecule has 0 aliphatic heterocycles. The van der Waals surface area contributed by atoms with Crippen molar-refractivity contribution in [1.29, 1.82) is 0 Å². The fourth-order valence-electron chi connectivity index (χ4n) is 0.747. The van der Waals surface area contributed by atoms with E-state index in [1.54, 1.807) is 0 Å². The summed E-state index contributed by atoms with van der Waals surface area (Å²) in [5.74, 6) is -0.272. The molecule has 0 radical (unpaired) electrons. The van der Waals surface area contributed by atoms with Crippen LogP contribution in [0.15, 0.2) is 0 Å². The first-order valence-corrected chi connectivity index (χ1v) is 4.47. The number of rotatable bonds is 6. The molecule has 6 heteroatoms. The van der Waals surface area contributed by atoms with Crippen LogP contribution in [0.3, 0.4) is 0 Å². The Morgan fingerprint density at radius 1 is 1.36 bits per heavy atom. The molecule has 0 saturated heterocycles. The molecule has 2 amide bonds. The molecular formula is C8H16N2O4. The summed E-state index contributed by atoms with van der Waals surface area (Å²) in [5.41, 5.74) is 0. The SMILES string of the molecule is CCC(O)CNC(=O)CCNC(=O)O. The summed E-state index contributed by atoms with van der Waals surface area (Å²) in [6.45, 7) is 2.11. The van der Waals surface area contributed by atoms with Crippen LogP contribution in [0.2, 0.25) is 0 Å². The van der Waals surface area contributed by atoms with Gasteiger partial charge in [-0.25, -0.2) is 4.79 Å². The summed E-state index contributed by atoms with van der Waals surface area (Å²) >= 11 is 0. The first kappa shape index (κ1) is 12.7. The van der Waals surface area contributed by atoms with Gasteiger partial charge in [-0.2, -0.15) is 0 Å². The van der Waals surface area contributed by atoms with Crippen LogP contribution in [0.25, 0.3) is 0 Å². The summed E-state index contributed by atoms with van der Waals surface area (Å²) < 4.78 is 0. The minimum Gasteiger partial charge on any atom is -0.465 e. The van der Waals surface area contributed by atoms with Gasteiger partial charge in [-0.05, 0) is 6.42 Å². The highest BCUT2D eigenvalue weighted by Crippen LogP contribution is 1.87. The van der Waals surface area contributed by atoms with Crippen molar-refractivity contribution in [2.45, 2.75) is 25.9 Å². The second-order valence-corrected chi connectivity index (χ2v) is 2.85.